The quantitative estimate of drug-likeness (QED) is 0.718. The van der Waals surface area contributed by atoms with E-state index in [9.17, 15) is 4.79 Å². The van der Waals surface area contributed by atoms with Crippen LogP contribution in [-0.2, 0) is 14.3 Å². The van der Waals surface area contributed by atoms with Crippen LogP contribution in [0.25, 0.3) is 0 Å². The molecule has 0 radical (unpaired) electrons. The van der Waals surface area contributed by atoms with E-state index >= 15 is 0 Å². The predicted molar refractivity (Wildman–Crippen MR) is 72.7 cm³/mol. The molecular formula is C14H26N2O3. The highest BCUT2D eigenvalue weighted by molar-refractivity contribution is 5.85. The van der Waals surface area contributed by atoms with Gasteiger partial charge < -0.3 is 15.2 Å². The highest BCUT2D eigenvalue weighted by Crippen LogP contribution is 2.40. The monoisotopic (exact) mass is 270 g/mol. The molecule has 2 rings (SSSR count). The molecule has 0 aromatic rings. The van der Waals surface area contributed by atoms with Gasteiger partial charge in [-0.1, -0.05) is 0 Å². The number of carbonyl (C=O) groups is 1. The van der Waals surface area contributed by atoms with Crippen LogP contribution < -0.4 is 11.1 Å². The molecule has 0 bridgehead atoms. The molecule has 1 aliphatic heterocycles. The molecule has 2 fully saturated rings. The molecule has 1 saturated carbocycles. The largest absolute Gasteiger partial charge is 0.381 e. The topological polar surface area (TPSA) is 73.6 Å². The number of amides is 1. The van der Waals surface area contributed by atoms with Crippen molar-refractivity contribution in [2.45, 2.75) is 57.2 Å². The van der Waals surface area contributed by atoms with Gasteiger partial charge in [-0.2, -0.15) is 0 Å². The molecule has 110 valence electrons. The van der Waals surface area contributed by atoms with E-state index in [1.807, 2.05) is 13.8 Å². The Morgan fingerprint density at radius 3 is 2.47 bits per heavy atom. The van der Waals surface area contributed by atoms with Crippen molar-refractivity contribution in [3.05, 3.63) is 0 Å². The Balaban J connectivity index is 1.97. The summed E-state index contributed by atoms with van der Waals surface area (Å²) in [6.45, 7) is 5.95. The lowest BCUT2D eigenvalue weighted by atomic mass is 9.92. The molecule has 19 heavy (non-hydrogen) atoms. The molecule has 5 nitrogen and oxygen atoms in total. The normalized spacial score (nSPS) is 24.4. The van der Waals surface area contributed by atoms with Gasteiger partial charge in [-0.3, -0.25) is 10.1 Å². The predicted octanol–water partition coefficient (Wildman–Crippen LogP) is 0.814. The van der Waals surface area contributed by atoms with Crippen LogP contribution in [0.2, 0.25) is 0 Å². The van der Waals surface area contributed by atoms with E-state index in [2.05, 4.69) is 5.32 Å². The van der Waals surface area contributed by atoms with E-state index in [-0.39, 0.29) is 18.1 Å². The van der Waals surface area contributed by atoms with Gasteiger partial charge in [-0.25, -0.2) is 0 Å². The van der Waals surface area contributed by atoms with Crippen molar-refractivity contribution < 1.29 is 14.3 Å². The summed E-state index contributed by atoms with van der Waals surface area (Å²) in [4.78, 5) is 12.0. The van der Waals surface area contributed by atoms with Crippen molar-refractivity contribution in [2.75, 3.05) is 19.8 Å². The zero-order valence-corrected chi connectivity index (χ0v) is 12.0. The molecule has 1 amide bonds. The van der Waals surface area contributed by atoms with Gasteiger partial charge in [-0.05, 0) is 45.4 Å². The number of primary amides is 1. The number of ether oxygens (including phenoxy) is 2. The van der Waals surface area contributed by atoms with Crippen LogP contribution in [0.3, 0.4) is 0 Å². The highest BCUT2D eigenvalue weighted by atomic mass is 16.5. The fourth-order valence-electron chi connectivity index (χ4n) is 2.80. The number of hydrogen-bond acceptors (Lipinski definition) is 4. The van der Waals surface area contributed by atoms with Gasteiger partial charge in [0, 0.05) is 19.3 Å². The second-order valence-corrected chi connectivity index (χ2v) is 6.03. The van der Waals surface area contributed by atoms with Crippen molar-refractivity contribution in [1.82, 2.24) is 5.32 Å². The fraction of sp³-hybridized carbons (Fsp3) is 0.929. The third-order valence-electron chi connectivity index (χ3n) is 3.98. The summed E-state index contributed by atoms with van der Waals surface area (Å²) >= 11 is 0. The first-order valence-corrected chi connectivity index (χ1v) is 7.31. The smallest absolute Gasteiger partial charge is 0.240 e. The first-order valence-electron chi connectivity index (χ1n) is 7.31. The molecule has 2 aliphatic rings. The van der Waals surface area contributed by atoms with E-state index in [4.69, 9.17) is 15.2 Å². The third-order valence-corrected chi connectivity index (χ3v) is 3.98. The molecule has 5 heteroatoms. The number of nitrogens with one attached hydrogen (secondary N) is 1. The molecule has 0 aromatic heterocycles. The van der Waals surface area contributed by atoms with Crippen molar-refractivity contribution in [3.63, 3.8) is 0 Å². The van der Waals surface area contributed by atoms with E-state index < -0.39 is 5.54 Å². The Hall–Kier alpha value is -0.650. The molecule has 1 atom stereocenters. The lowest BCUT2D eigenvalue weighted by Gasteiger charge is -2.35. The second kappa shape index (κ2) is 6.20. The Bertz CT molecular complexity index is 312. The van der Waals surface area contributed by atoms with Gasteiger partial charge in [0.15, 0.2) is 0 Å². The summed E-state index contributed by atoms with van der Waals surface area (Å²) in [5, 5.41) is 3.36. The molecule has 1 unspecified atom stereocenters. The van der Waals surface area contributed by atoms with Crippen LogP contribution in [0.15, 0.2) is 0 Å². The highest BCUT2D eigenvalue weighted by Gasteiger charge is 2.50. The Labute approximate surface area is 115 Å². The van der Waals surface area contributed by atoms with Gasteiger partial charge in [0.1, 0.15) is 5.54 Å². The molecule has 3 N–H and O–H groups in total. The van der Waals surface area contributed by atoms with Crippen LogP contribution >= 0.6 is 0 Å². The van der Waals surface area contributed by atoms with Crippen LogP contribution in [0.4, 0.5) is 0 Å². The molecular weight excluding hydrogens is 244 g/mol. The summed E-state index contributed by atoms with van der Waals surface area (Å²) in [5.74, 6) is 0.0444. The van der Waals surface area contributed by atoms with Gasteiger partial charge in [-0.15, -0.1) is 0 Å². The maximum absolute atomic E-state index is 12.0. The fourth-order valence-corrected chi connectivity index (χ4v) is 2.80. The van der Waals surface area contributed by atoms with Crippen LogP contribution in [-0.4, -0.2) is 43.4 Å². The molecule has 0 spiro atoms. The minimum absolute atomic E-state index is 0.195. The van der Waals surface area contributed by atoms with Crippen molar-refractivity contribution in [3.8, 4) is 0 Å². The number of nitrogens with two attached hydrogens (primary N) is 1. The van der Waals surface area contributed by atoms with Crippen molar-refractivity contribution in [1.29, 1.82) is 0 Å². The zero-order chi connectivity index (χ0) is 13.9. The van der Waals surface area contributed by atoms with Gasteiger partial charge in [0.25, 0.3) is 0 Å². The van der Waals surface area contributed by atoms with Gasteiger partial charge in [0.2, 0.25) is 5.91 Å². The van der Waals surface area contributed by atoms with Crippen molar-refractivity contribution >= 4 is 5.91 Å². The first-order chi connectivity index (χ1) is 9.04. The average Bonchev–Trinajstić information content (AvgIpc) is 3.19. The van der Waals surface area contributed by atoms with Gasteiger partial charge in [0.05, 0.1) is 12.7 Å². The zero-order valence-electron chi connectivity index (χ0n) is 12.0. The number of carbonyl (C=O) groups excluding carboxylic acids is 1. The summed E-state index contributed by atoms with van der Waals surface area (Å²) in [5.41, 5.74) is 4.98. The second-order valence-electron chi connectivity index (χ2n) is 6.03. The van der Waals surface area contributed by atoms with Crippen LogP contribution in [0.5, 0.6) is 0 Å². The van der Waals surface area contributed by atoms with E-state index in [1.165, 1.54) is 0 Å². The Morgan fingerprint density at radius 1 is 1.37 bits per heavy atom. The molecule has 0 aromatic carbocycles. The average molecular weight is 270 g/mol. The lowest BCUT2D eigenvalue weighted by molar-refractivity contribution is -0.131. The minimum atomic E-state index is -0.688. The SMILES string of the molecule is CC(C)NC(COC1CCOCC1)(C(N)=O)C1CC1. The molecule has 1 heterocycles. The first kappa shape index (κ1) is 14.8. The van der Waals surface area contributed by atoms with E-state index in [0.29, 0.717) is 12.5 Å². The van der Waals surface area contributed by atoms with Crippen LogP contribution in [0.1, 0.15) is 39.5 Å². The summed E-state index contributed by atoms with van der Waals surface area (Å²) in [6, 6.07) is 0.214. The lowest BCUT2D eigenvalue weighted by Crippen LogP contribution is -2.62. The summed E-state index contributed by atoms with van der Waals surface area (Å²) in [6.07, 6.45) is 4.11. The van der Waals surface area contributed by atoms with Gasteiger partial charge >= 0.3 is 0 Å². The summed E-state index contributed by atoms with van der Waals surface area (Å²) in [7, 11) is 0. The minimum Gasteiger partial charge on any atom is -0.381 e. The third kappa shape index (κ3) is 3.68. The Kier molecular flexibility index (Phi) is 4.81. The molecule has 1 saturated heterocycles. The summed E-state index contributed by atoms with van der Waals surface area (Å²) < 4.78 is 11.3. The van der Waals surface area contributed by atoms with E-state index in [0.717, 1.165) is 38.9 Å². The number of hydrogen-bond donors (Lipinski definition) is 2. The maximum atomic E-state index is 12.0. The van der Waals surface area contributed by atoms with E-state index in [1.54, 1.807) is 0 Å². The standard InChI is InChI=1S/C14H26N2O3/c1-10(2)16-14(13(15)17,11-3-4-11)9-19-12-5-7-18-8-6-12/h10-12,16H,3-9H2,1-2H3,(H2,15,17). The number of rotatable bonds is 7. The van der Waals surface area contributed by atoms with Crippen molar-refractivity contribution in [2.24, 2.45) is 11.7 Å². The maximum Gasteiger partial charge on any atom is 0.240 e. The Morgan fingerprint density at radius 2 is 2.00 bits per heavy atom. The molecule has 1 aliphatic carbocycles. The van der Waals surface area contributed by atoms with Crippen LogP contribution in [0, 0.1) is 5.92 Å².